The number of nitrogens with one attached hydrogen (secondary N) is 1. The number of rotatable bonds is 6. The van der Waals surface area contributed by atoms with Gasteiger partial charge >= 0.3 is 0 Å². The summed E-state index contributed by atoms with van der Waals surface area (Å²) in [5.41, 5.74) is 1.87. The second-order valence-electron chi connectivity index (χ2n) is 7.86. The maximum atomic E-state index is 12.5. The Bertz CT molecular complexity index is 859. The van der Waals surface area contributed by atoms with Crippen LogP contribution < -0.4 is 15.0 Å². The van der Waals surface area contributed by atoms with Gasteiger partial charge < -0.3 is 19.7 Å². The summed E-state index contributed by atoms with van der Waals surface area (Å²) >= 11 is 0. The van der Waals surface area contributed by atoms with Crippen molar-refractivity contribution in [3.05, 3.63) is 23.9 Å². The highest BCUT2D eigenvalue weighted by Crippen LogP contribution is 2.26. The minimum absolute atomic E-state index is 0.0583. The van der Waals surface area contributed by atoms with Gasteiger partial charge in [0, 0.05) is 37.5 Å². The van der Waals surface area contributed by atoms with E-state index in [2.05, 4.69) is 10.2 Å². The first-order valence-electron chi connectivity index (χ1n) is 10.7. The number of nitrogens with zero attached hydrogens (tertiary/aromatic N) is 3. The van der Waals surface area contributed by atoms with Crippen LogP contribution in [-0.2, 0) is 9.53 Å². The summed E-state index contributed by atoms with van der Waals surface area (Å²) in [6.45, 7) is 7.66. The number of carbonyl (C=O) groups is 1. The second kappa shape index (κ2) is 8.95. The number of piperidine rings is 1. The lowest BCUT2D eigenvalue weighted by Crippen LogP contribution is -2.42. The topological polar surface area (TPSA) is 76.6 Å². The monoisotopic (exact) mass is 398 g/mol. The van der Waals surface area contributed by atoms with Crippen molar-refractivity contribution in [3.63, 3.8) is 0 Å². The molecular formula is C22H30N4O3. The molecular weight excluding hydrogens is 368 g/mol. The molecule has 4 rings (SSSR count). The molecule has 2 aliphatic heterocycles. The fourth-order valence-electron chi connectivity index (χ4n) is 4.15. The number of amides is 1. The van der Waals surface area contributed by atoms with Gasteiger partial charge in [-0.2, -0.15) is 0 Å². The molecule has 7 heteroatoms. The molecule has 0 bridgehead atoms. The Kier molecular flexibility index (Phi) is 6.13. The van der Waals surface area contributed by atoms with Crippen LogP contribution >= 0.6 is 0 Å². The molecule has 156 valence electrons. The predicted molar refractivity (Wildman–Crippen MR) is 112 cm³/mol. The number of aromatic nitrogens is 2. The minimum atomic E-state index is 0.0583. The van der Waals surface area contributed by atoms with E-state index in [4.69, 9.17) is 19.4 Å². The lowest BCUT2D eigenvalue weighted by molar-refractivity contribution is -0.126. The van der Waals surface area contributed by atoms with Crippen molar-refractivity contribution < 1.29 is 14.3 Å². The molecule has 0 radical (unpaired) electrons. The third-order valence-electron chi connectivity index (χ3n) is 5.83. The average molecular weight is 399 g/mol. The Morgan fingerprint density at radius 1 is 1.28 bits per heavy atom. The van der Waals surface area contributed by atoms with E-state index in [0.29, 0.717) is 13.2 Å². The van der Waals surface area contributed by atoms with E-state index in [1.807, 2.05) is 32.0 Å². The number of anilines is 1. The number of hydrogen-bond donors (Lipinski definition) is 1. The number of carbonyl (C=O) groups excluding carboxylic acids is 1. The van der Waals surface area contributed by atoms with Crippen molar-refractivity contribution >= 4 is 22.8 Å². The van der Waals surface area contributed by atoms with Crippen molar-refractivity contribution in [2.45, 2.75) is 45.6 Å². The molecule has 1 aromatic carbocycles. The van der Waals surface area contributed by atoms with E-state index >= 15 is 0 Å². The standard InChI is InChI=1S/C22H30N4O3/c1-3-28-17-6-7-20-19(13-17)15(2)24-22(25-20)26-10-8-16(9-11-26)21(27)23-14-18-5-4-12-29-18/h6-7,13,16,18H,3-5,8-12,14H2,1-2H3,(H,23,27)/t18-/m0/s1. The van der Waals surface area contributed by atoms with E-state index in [-0.39, 0.29) is 17.9 Å². The fraction of sp³-hybridized carbons (Fsp3) is 0.591. The van der Waals surface area contributed by atoms with Gasteiger partial charge in [0.25, 0.3) is 0 Å². The number of ether oxygens (including phenoxy) is 2. The van der Waals surface area contributed by atoms with Crippen LogP contribution in [0.2, 0.25) is 0 Å². The highest BCUT2D eigenvalue weighted by molar-refractivity contribution is 5.83. The van der Waals surface area contributed by atoms with Crippen LogP contribution in [0.4, 0.5) is 5.95 Å². The molecule has 2 saturated heterocycles. The molecule has 2 fully saturated rings. The number of aryl methyl sites for hydroxylation is 1. The van der Waals surface area contributed by atoms with Crippen LogP contribution in [0.15, 0.2) is 18.2 Å². The van der Waals surface area contributed by atoms with E-state index in [0.717, 1.165) is 73.7 Å². The molecule has 2 aliphatic rings. The molecule has 1 atom stereocenters. The largest absolute Gasteiger partial charge is 0.494 e. The Hall–Kier alpha value is -2.41. The molecule has 1 aromatic heterocycles. The third-order valence-corrected chi connectivity index (χ3v) is 5.83. The van der Waals surface area contributed by atoms with E-state index < -0.39 is 0 Å². The summed E-state index contributed by atoms with van der Waals surface area (Å²) in [6.07, 6.45) is 3.97. The smallest absolute Gasteiger partial charge is 0.226 e. The van der Waals surface area contributed by atoms with Crippen molar-refractivity contribution in [2.75, 3.05) is 37.7 Å². The van der Waals surface area contributed by atoms with Crippen LogP contribution in [0, 0.1) is 12.8 Å². The SMILES string of the molecule is CCOc1ccc2nc(N3CCC(C(=O)NC[C@@H]4CCCO4)CC3)nc(C)c2c1. The lowest BCUT2D eigenvalue weighted by atomic mass is 9.96. The second-order valence-corrected chi connectivity index (χ2v) is 7.86. The first kappa shape index (κ1) is 19.9. The molecule has 2 aromatic rings. The van der Waals surface area contributed by atoms with Crippen molar-refractivity contribution in [1.82, 2.24) is 15.3 Å². The fourth-order valence-corrected chi connectivity index (χ4v) is 4.15. The summed E-state index contributed by atoms with van der Waals surface area (Å²) in [6, 6.07) is 5.94. The zero-order chi connectivity index (χ0) is 20.2. The summed E-state index contributed by atoms with van der Waals surface area (Å²) in [4.78, 5) is 24.2. The average Bonchev–Trinajstić information content (AvgIpc) is 3.26. The zero-order valence-electron chi connectivity index (χ0n) is 17.3. The minimum Gasteiger partial charge on any atom is -0.494 e. The van der Waals surface area contributed by atoms with Gasteiger partial charge in [-0.3, -0.25) is 4.79 Å². The third kappa shape index (κ3) is 4.61. The maximum absolute atomic E-state index is 12.5. The van der Waals surface area contributed by atoms with Gasteiger partial charge in [-0.15, -0.1) is 0 Å². The number of benzene rings is 1. The van der Waals surface area contributed by atoms with Crippen LogP contribution in [0.1, 0.15) is 38.3 Å². The Balaban J connectivity index is 1.37. The number of fused-ring (bicyclic) bond motifs is 1. The van der Waals surface area contributed by atoms with Gasteiger partial charge in [-0.25, -0.2) is 9.97 Å². The summed E-state index contributed by atoms with van der Waals surface area (Å²) < 4.78 is 11.2. The van der Waals surface area contributed by atoms with Crippen LogP contribution in [0.3, 0.4) is 0 Å². The van der Waals surface area contributed by atoms with Gasteiger partial charge in [0.15, 0.2) is 0 Å². The highest BCUT2D eigenvalue weighted by atomic mass is 16.5. The molecule has 7 nitrogen and oxygen atoms in total. The van der Waals surface area contributed by atoms with Gasteiger partial charge in [0.05, 0.1) is 23.9 Å². The molecule has 0 spiro atoms. The van der Waals surface area contributed by atoms with E-state index in [1.165, 1.54) is 0 Å². The van der Waals surface area contributed by atoms with Crippen LogP contribution in [0.25, 0.3) is 10.9 Å². The molecule has 1 amide bonds. The first-order chi connectivity index (χ1) is 14.1. The first-order valence-corrected chi connectivity index (χ1v) is 10.7. The molecule has 0 unspecified atom stereocenters. The summed E-state index contributed by atoms with van der Waals surface area (Å²) in [7, 11) is 0. The van der Waals surface area contributed by atoms with Crippen molar-refractivity contribution in [1.29, 1.82) is 0 Å². The maximum Gasteiger partial charge on any atom is 0.226 e. The normalized spacial score (nSPS) is 20.2. The van der Waals surface area contributed by atoms with Crippen molar-refractivity contribution in [3.8, 4) is 5.75 Å². The molecule has 1 N–H and O–H groups in total. The molecule has 0 saturated carbocycles. The van der Waals surface area contributed by atoms with Gasteiger partial charge in [0.2, 0.25) is 11.9 Å². The summed E-state index contributed by atoms with van der Waals surface area (Å²) in [5.74, 6) is 1.80. The lowest BCUT2D eigenvalue weighted by Gasteiger charge is -2.31. The van der Waals surface area contributed by atoms with Gasteiger partial charge in [-0.05, 0) is 57.7 Å². The molecule has 3 heterocycles. The van der Waals surface area contributed by atoms with Crippen molar-refractivity contribution in [2.24, 2.45) is 5.92 Å². The number of hydrogen-bond acceptors (Lipinski definition) is 6. The highest BCUT2D eigenvalue weighted by Gasteiger charge is 2.27. The Labute approximate surface area is 171 Å². The van der Waals surface area contributed by atoms with Gasteiger partial charge in [0.1, 0.15) is 5.75 Å². The van der Waals surface area contributed by atoms with Gasteiger partial charge in [-0.1, -0.05) is 0 Å². The quantitative estimate of drug-likeness (QED) is 0.806. The van der Waals surface area contributed by atoms with E-state index in [1.54, 1.807) is 0 Å². The summed E-state index contributed by atoms with van der Waals surface area (Å²) in [5, 5.41) is 4.09. The Morgan fingerprint density at radius 2 is 2.10 bits per heavy atom. The predicted octanol–water partition coefficient (Wildman–Crippen LogP) is 2.85. The zero-order valence-corrected chi connectivity index (χ0v) is 17.3. The van der Waals surface area contributed by atoms with E-state index in [9.17, 15) is 4.79 Å². The molecule has 29 heavy (non-hydrogen) atoms. The van der Waals surface area contributed by atoms with Crippen LogP contribution in [-0.4, -0.2) is 54.8 Å². The molecule has 0 aliphatic carbocycles. The van der Waals surface area contributed by atoms with Crippen LogP contribution in [0.5, 0.6) is 5.75 Å². The Morgan fingerprint density at radius 3 is 2.83 bits per heavy atom.